The van der Waals surface area contributed by atoms with Crippen molar-refractivity contribution in [2.24, 2.45) is 0 Å². The highest BCUT2D eigenvalue weighted by Gasteiger charge is 2.18. The molecule has 2 rings (SSSR count). The van der Waals surface area contributed by atoms with Crippen molar-refractivity contribution in [2.75, 3.05) is 49.7 Å². The number of sulfonamides is 2. The minimum absolute atomic E-state index is 0. The summed E-state index contributed by atoms with van der Waals surface area (Å²) >= 11 is 0. The molecule has 0 saturated carbocycles. The molecule has 0 spiro atoms. The largest absolute Gasteiger partial charge is 0.314 e. The van der Waals surface area contributed by atoms with Gasteiger partial charge in [-0.15, -0.1) is 24.8 Å². The molecule has 3 N–H and O–H groups in total. The van der Waals surface area contributed by atoms with Crippen LogP contribution in [0.4, 0.5) is 10.1 Å². The molecule has 0 atom stereocenters. The third kappa shape index (κ3) is 8.06. The Bertz CT molecular complexity index is 803. The molecule has 0 unspecified atom stereocenters. The van der Waals surface area contributed by atoms with Gasteiger partial charge in [-0.1, -0.05) is 0 Å². The molecule has 0 bridgehead atoms. The van der Waals surface area contributed by atoms with E-state index in [4.69, 9.17) is 0 Å². The Morgan fingerprint density at radius 1 is 1.15 bits per heavy atom. The Labute approximate surface area is 172 Å². The third-order valence-electron chi connectivity index (χ3n) is 3.83. The summed E-state index contributed by atoms with van der Waals surface area (Å²) in [7, 11) is -7.49. The molecule has 8 nitrogen and oxygen atoms in total. The molecule has 1 aromatic rings. The van der Waals surface area contributed by atoms with E-state index in [2.05, 4.69) is 19.7 Å². The SMILES string of the molecule is CCS(=O)(=O)Nc1ccc(S(=O)(=O)NCCN2CCNCC2)cc1F.Cl.Cl. The average Bonchev–Trinajstić information content (AvgIpc) is 2.57. The van der Waals surface area contributed by atoms with Gasteiger partial charge in [0, 0.05) is 39.3 Å². The van der Waals surface area contributed by atoms with E-state index in [0.29, 0.717) is 6.54 Å². The van der Waals surface area contributed by atoms with Crippen molar-refractivity contribution in [2.45, 2.75) is 11.8 Å². The summed E-state index contributed by atoms with van der Waals surface area (Å²) in [6.07, 6.45) is 0. The van der Waals surface area contributed by atoms with Crippen LogP contribution in [0.25, 0.3) is 0 Å². The number of anilines is 1. The number of halogens is 3. The molecule has 1 saturated heterocycles. The number of hydrogen-bond donors (Lipinski definition) is 3. The van der Waals surface area contributed by atoms with E-state index in [1.807, 2.05) is 0 Å². The van der Waals surface area contributed by atoms with Gasteiger partial charge in [-0.2, -0.15) is 0 Å². The molecule has 1 heterocycles. The van der Waals surface area contributed by atoms with Gasteiger partial charge in [-0.05, 0) is 25.1 Å². The van der Waals surface area contributed by atoms with E-state index in [9.17, 15) is 21.2 Å². The molecule has 1 aromatic carbocycles. The summed E-state index contributed by atoms with van der Waals surface area (Å²) in [5.41, 5.74) is -0.276. The lowest BCUT2D eigenvalue weighted by atomic mass is 10.3. The van der Waals surface area contributed by atoms with Crippen LogP contribution in [0.5, 0.6) is 0 Å². The molecule has 13 heteroatoms. The molecule has 27 heavy (non-hydrogen) atoms. The lowest BCUT2D eigenvalue weighted by molar-refractivity contribution is 0.245. The normalized spacial score (nSPS) is 15.5. The number of piperazine rings is 1. The minimum Gasteiger partial charge on any atom is -0.314 e. The van der Waals surface area contributed by atoms with E-state index >= 15 is 0 Å². The second-order valence-electron chi connectivity index (χ2n) is 5.64. The predicted molar refractivity (Wildman–Crippen MR) is 108 cm³/mol. The van der Waals surface area contributed by atoms with Gasteiger partial charge in [0.15, 0.2) is 0 Å². The van der Waals surface area contributed by atoms with Crippen LogP contribution in [0, 0.1) is 5.82 Å². The molecule has 0 amide bonds. The van der Waals surface area contributed by atoms with Crippen LogP contribution in [-0.2, 0) is 20.0 Å². The summed E-state index contributed by atoms with van der Waals surface area (Å²) < 4.78 is 65.9. The second-order valence-corrected chi connectivity index (χ2v) is 9.41. The Hall–Kier alpha value is -0.690. The monoisotopic (exact) mass is 466 g/mol. The van der Waals surface area contributed by atoms with Crippen molar-refractivity contribution in [3.63, 3.8) is 0 Å². The zero-order valence-electron chi connectivity index (χ0n) is 14.8. The van der Waals surface area contributed by atoms with Gasteiger partial charge < -0.3 is 5.32 Å². The van der Waals surface area contributed by atoms with Gasteiger partial charge in [0.1, 0.15) is 5.82 Å². The highest BCUT2D eigenvalue weighted by atomic mass is 35.5. The van der Waals surface area contributed by atoms with Crippen LogP contribution in [-0.4, -0.2) is 66.8 Å². The fraction of sp³-hybridized carbons (Fsp3) is 0.571. The second kappa shape index (κ2) is 11.3. The van der Waals surface area contributed by atoms with Crippen molar-refractivity contribution in [3.05, 3.63) is 24.0 Å². The zero-order valence-corrected chi connectivity index (χ0v) is 18.0. The van der Waals surface area contributed by atoms with Crippen LogP contribution in [0.3, 0.4) is 0 Å². The number of hydrogen-bond acceptors (Lipinski definition) is 6. The molecular formula is C14H25Cl2FN4O4S2. The Morgan fingerprint density at radius 3 is 2.33 bits per heavy atom. The first-order chi connectivity index (χ1) is 11.7. The van der Waals surface area contributed by atoms with Crippen molar-refractivity contribution in [1.82, 2.24) is 14.9 Å². The summed E-state index contributed by atoms with van der Waals surface area (Å²) in [6, 6.07) is 3.08. The molecular weight excluding hydrogens is 442 g/mol. The highest BCUT2D eigenvalue weighted by Crippen LogP contribution is 2.20. The topological polar surface area (TPSA) is 108 Å². The Balaban J connectivity index is 0.00000338. The third-order valence-corrected chi connectivity index (χ3v) is 6.58. The Morgan fingerprint density at radius 2 is 1.78 bits per heavy atom. The first-order valence-corrected chi connectivity index (χ1v) is 11.1. The lowest BCUT2D eigenvalue weighted by Crippen LogP contribution is -2.46. The standard InChI is InChI=1S/C14H23FN4O4S2.2ClH/c1-2-24(20,21)18-14-4-3-12(11-13(14)15)25(22,23)17-7-10-19-8-5-16-6-9-19;;/h3-4,11,16-18H,2,5-10H2,1H3;2*1H. The highest BCUT2D eigenvalue weighted by molar-refractivity contribution is 7.92. The first-order valence-electron chi connectivity index (χ1n) is 7.96. The molecule has 0 aromatic heterocycles. The summed E-state index contributed by atoms with van der Waals surface area (Å²) in [5, 5.41) is 3.21. The lowest BCUT2D eigenvalue weighted by Gasteiger charge is -2.27. The summed E-state index contributed by atoms with van der Waals surface area (Å²) in [4.78, 5) is 1.88. The van der Waals surface area contributed by atoms with Crippen LogP contribution in [0.2, 0.25) is 0 Å². The van der Waals surface area contributed by atoms with Crippen LogP contribution < -0.4 is 14.8 Å². The summed E-state index contributed by atoms with van der Waals surface area (Å²) in [6.45, 7) is 5.64. The Kier molecular flexibility index (Phi) is 11.1. The van der Waals surface area contributed by atoms with Crippen LogP contribution >= 0.6 is 24.8 Å². The fourth-order valence-corrected chi connectivity index (χ4v) is 4.02. The minimum atomic E-state index is -3.86. The van der Waals surface area contributed by atoms with Gasteiger partial charge in [-0.25, -0.2) is 25.9 Å². The van der Waals surface area contributed by atoms with Crippen LogP contribution in [0.15, 0.2) is 23.1 Å². The van der Waals surface area contributed by atoms with E-state index in [0.717, 1.165) is 38.3 Å². The molecule has 0 aliphatic carbocycles. The first kappa shape index (κ1) is 26.3. The molecule has 1 aliphatic heterocycles. The maximum absolute atomic E-state index is 14.0. The maximum atomic E-state index is 14.0. The molecule has 158 valence electrons. The van der Waals surface area contributed by atoms with Gasteiger partial charge >= 0.3 is 0 Å². The quantitative estimate of drug-likeness (QED) is 0.518. The average molecular weight is 467 g/mol. The molecule has 1 aliphatic rings. The summed E-state index contributed by atoms with van der Waals surface area (Å²) in [5.74, 6) is -1.15. The van der Waals surface area contributed by atoms with Crippen molar-refractivity contribution < 1.29 is 21.2 Å². The van der Waals surface area contributed by atoms with Gasteiger partial charge in [0.2, 0.25) is 20.0 Å². The number of benzene rings is 1. The smallest absolute Gasteiger partial charge is 0.240 e. The number of nitrogens with zero attached hydrogens (tertiary/aromatic N) is 1. The van der Waals surface area contributed by atoms with Gasteiger partial charge in [-0.3, -0.25) is 9.62 Å². The molecule has 0 radical (unpaired) electrons. The fourth-order valence-electron chi connectivity index (χ4n) is 2.34. The van der Waals surface area contributed by atoms with Crippen molar-refractivity contribution >= 4 is 50.5 Å². The number of rotatable bonds is 8. The van der Waals surface area contributed by atoms with E-state index in [1.54, 1.807) is 0 Å². The van der Waals surface area contributed by atoms with Crippen molar-refractivity contribution in [1.29, 1.82) is 0 Å². The zero-order chi connectivity index (χ0) is 18.5. The van der Waals surface area contributed by atoms with E-state index in [1.165, 1.54) is 13.0 Å². The van der Waals surface area contributed by atoms with Crippen LogP contribution in [0.1, 0.15) is 6.92 Å². The molecule has 1 fully saturated rings. The van der Waals surface area contributed by atoms with E-state index in [-0.39, 0.29) is 47.7 Å². The van der Waals surface area contributed by atoms with E-state index < -0.39 is 25.9 Å². The van der Waals surface area contributed by atoms with Crippen molar-refractivity contribution in [3.8, 4) is 0 Å². The number of nitrogens with one attached hydrogen (secondary N) is 3. The maximum Gasteiger partial charge on any atom is 0.240 e. The predicted octanol–water partition coefficient (Wildman–Crippen LogP) is 0.614. The van der Waals surface area contributed by atoms with Gasteiger partial charge in [0.25, 0.3) is 0 Å². The van der Waals surface area contributed by atoms with Gasteiger partial charge in [0.05, 0.1) is 16.3 Å².